The van der Waals surface area contributed by atoms with Crippen LogP contribution in [0.1, 0.15) is 5.76 Å². The summed E-state index contributed by atoms with van der Waals surface area (Å²) in [5.74, 6) is 1.47. The van der Waals surface area contributed by atoms with Gasteiger partial charge in [0.2, 0.25) is 0 Å². The number of aromatic nitrogens is 1. The number of hydrogen-bond donors (Lipinski definition) is 1. The van der Waals surface area contributed by atoms with Crippen molar-refractivity contribution in [3.8, 4) is 17.0 Å². The van der Waals surface area contributed by atoms with E-state index in [1.54, 1.807) is 7.11 Å². The van der Waals surface area contributed by atoms with Crippen LogP contribution in [0.3, 0.4) is 0 Å². The van der Waals surface area contributed by atoms with Crippen molar-refractivity contribution < 1.29 is 9.26 Å². The second kappa shape index (κ2) is 4.14. The number of hydrogen-bond acceptors (Lipinski definition) is 4. The van der Waals surface area contributed by atoms with Gasteiger partial charge in [0.1, 0.15) is 11.4 Å². The lowest BCUT2D eigenvalue weighted by atomic mass is 10.1. The third-order valence-corrected chi connectivity index (χ3v) is 2.13. The van der Waals surface area contributed by atoms with Crippen molar-refractivity contribution in [3.63, 3.8) is 0 Å². The molecule has 4 nitrogen and oxygen atoms in total. The zero-order valence-corrected chi connectivity index (χ0v) is 8.43. The summed E-state index contributed by atoms with van der Waals surface area (Å²) in [5.41, 5.74) is 7.17. The van der Waals surface area contributed by atoms with Gasteiger partial charge in [-0.1, -0.05) is 17.3 Å². The van der Waals surface area contributed by atoms with Crippen molar-refractivity contribution in [2.45, 2.75) is 6.54 Å². The highest BCUT2D eigenvalue weighted by Crippen LogP contribution is 2.23. The molecule has 2 rings (SSSR count). The molecular weight excluding hydrogens is 192 g/mol. The normalized spacial score (nSPS) is 10.3. The molecule has 4 heteroatoms. The molecule has 0 bridgehead atoms. The van der Waals surface area contributed by atoms with E-state index < -0.39 is 0 Å². The Kier molecular flexibility index (Phi) is 2.69. The monoisotopic (exact) mass is 204 g/mol. The van der Waals surface area contributed by atoms with Gasteiger partial charge in [-0.2, -0.15) is 0 Å². The molecule has 1 aromatic carbocycles. The summed E-state index contributed by atoms with van der Waals surface area (Å²) in [4.78, 5) is 0. The first-order valence-corrected chi connectivity index (χ1v) is 4.63. The molecule has 0 saturated heterocycles. The van der Waals surface area contributed by atoms with E-state index in [4.69, 9.17) is 15.0 Å². The molecule has 0 aliphatic carbocycles. The number of nitrogens with two attached hydrogens (primary N) is 1. The van der Waals surface area contributed by atoms with Crippen LogP contribution in [0.5, 0.6) is 5.75 Å². The largest absolute Gasteiger partial charge is 0.497 e. The lowest BCUT2D eigenvalue weighted by molar-refractivity contribution is 0.387. The summed E-state index contributed by atoms with van der Waals surface area (Å²) in [6, 6.07) is 9.46. The fourth-order valence-electron chi connectivity index (χ4n) is 1.33. The van der Waals surface area contributed by atoms with E-state index in [9.17, 15) is 0 Å². The highest BCUT2D eigenvalue weighted by molar-refractivity contribution is 5.60. The number of methoxy groups -OCH3 is 1. The van der Waals surface area contributed by atoms with Gasteiger partial charge in [0.05, 0.1) is 13.7 Å². The smallest absolute Gasteiger partial charge is 0.150 e. The van der Waals surface area contributed by atoms with Crippen molar-refractivity contribution in [1.82, 2.24) is 5.16 Å². The lowest BCUT2D eigenvalue weighted by Crippen LogP contribution is -1.92. The minimum absolute atomic E-state index is 0.358. The third kappa shape index (κ3) is 1.99. The third-order valence-electron chi connectivity index (χ3n) is 2.13. The van der Waals surface area contributed by atoms with E-state index in [0.29, 0.717) is 12.3 Å². The first kappa shape index (κ1) is 9.73. The molecule has 1 aromatic heterocycles. The average Bonchev–Trinajstić information content (AvgIpc) is 2.78. The zero-order chi connectivity index (χ0) is 10.7. The van der Waals surface area contributed by atoms with Crippen LogP contribution in [0.2, 0.25) is 0 Å². The molecule has 0 atom stereocenters. The molecule has 0 aliphatic heterocycles. The van der Waals surface area contributed by atoms with Gasteiger partial charge in [-0.15, -0.1) is 0 Å². The zero-order valence-electron chi connectivity index (χ0n) is 8.43. The second-order valence-electron chi connectivity index (χ2n) is 3.11. The Bertz CT molecular complexity index is 451. The summed E-state index contributed by atoms with van der Waals surface area (Å²) < 4.78 is 10.2. The van der Waals surface area contributed by atoms with Crippen molar-refractivity contribution in [2.75, 3.05) is 7.11 Å². The molecular formula is C11H12N2O2. The summed E-state index contributed by atoms with van der Waals surface area (Å²) in [7, 11) is 1.63. The summed E-state index contributed by atoms with van der Waals surface area (Å²) in [6.45, 7) is 0.358. The number of benzene rings is 1. The van der Waals surface area contributed by atoms with Gasteiger partial charge >= 0.3 is 0 Å². The van der Waals surface area contributed by atoms with E-state index in [1.165, 1.54) is 0 Å². The SMILES string of the molecule is COc1cccc(-c2cc(CN)on2)c1. The number of nitrogens with zero attached hydrogens (tertiary/aromatic N) is 1. The second-order valence-corrected chi connectivity index (χ2v) is 3.11. The molecule has 15 heavy (non-hydrogen) atoms. The molecule has 0 amide bonds. The molecule has 0 spiro atoms. The quantitative estimate of drug-likeness (QED) is 0.828. The minimum Gasteiger partial charge on any atom is -0.497 e. The molecule has 0 radical (unpaired) electrons. The molecule has 2 aromatic rings. The van der Waals surface area contributed by atoms with Crippen molar-refractivity contribution >= 4 is 0 Å². The van der Waals surface area contributed by atoms with Gasteiger partial charge in [0.25, 0.3) is 0 Å². The van der Waals surface area contributed by atoms with E-state index in [0.717, 1.165) is 17.0 Å². The first-order chi connectivity index (χ1) is 7.33. The highest BCUT2D eigenvalue weighted by Gasteiger charge is 2.05. The fourth-order valence-corrected chi connectivity index (χ4v) is 1.33. The molecule has 0 saturated carbocycles. The van der Waals surface area contributed by atoms with Gasteiger partial charge < -0.3 is 15.0 Å². The predicted molar refractivity (Wildman–Crippen MR) is 56.4 cm³/mol. The van der Waals surface area contributed by atoms with Gasteiger partial charge in [-0.05, 0) is 12.1 Å². The Morgan fingerprint density at radius 3 is 2.93 bits per heavy atom. The van der Waals surface area contributed by atoms with Crippen molar-refractivity contribution in [1.29, 1.82) is 0 Å². The Morgan fingerprint density at radius 1 is 1.40 bits per heavy atom. The minimum atomic E-state index is 0.358. The van der Waals surface area contributed by atoms with E-state index in [-0.39, 0.29) is 0 Å². The van der Waals surface area contributed by atoms with Crippen LogP contribution in [-0.2, 0) is 6.54 Å². The van der Waals surface area contributed by atoms with Crippen LogP contribution in [0.15, 0.2) is 34.9 Å². The topological polar surface area (TPSA) is 61.3 Å². The van der Waals surface area contributed by atoms with Gasteiger partial charge in [0, 0.05) is 11.6 Å². The highest BCUT2D eigenvalue weighted by atomic mass is 16.5. The Hall–Kier alpha value is -1.81. The Balaban J connectivity index is 2.35. The summed E-state index contributed by atoms with van der Waals surface area (Å²) >= 11 is 0. The summed E-state index contributed by atoms with van der Waals surface area (Å²) in [5, 5.41) is 3.92. The first-order valence-electron chi connectivity index (χ1n) is 4.63. The van der Waals surface area contributed by atoms with Gasteiger partial charge in [-0.25, -0.2) is 0 Å². The Morgan fingerprint density at radius 2 is 2.27 bits per heavy atom. The molecule has 78 valence electrons. The predicted octanol–water partition coefficient (Wildman–Crippen LogP) is 1.81. The summed E-state index contributed by atoms with van der Waals surface area (Å²) in [6.07, 6.45) is 0. The van der Waals surface area contributed by atoms with Crippen LogP contribution < -0.4 is 10.5 Å². The van der Waals surface area contributed by atoms with Gasteiger partial charge in [0.15, 0.2) is 5.76 Å². The standard InChI is InChI=1S/C11H12N2O2/c1-14-9-4-2-3-8(5-9)11-6-10(7-12)15-13-11/h2-6H,7,12H2,1H3. The molecule has 0 unspecified atom stereocenters. The fraction of sp³-hybridized carbons (Fsp3) is 0.182. The van der Waals surface area contributed by atoms with Crippen molar-refractivity contribution in [3.05, 3.63) is 36.1 Å². The van der Waals surface area contributed by atoms with E-state index >= 15 is 0 Å². The Labute approximate surface area is 87.6 Å². The van der Waals surface area contributed by atoms with Crippen LogP contribution in [-0.4, -0.2) is 12.3 Å². The number of ether oxygens (including phenoxy) is 1. The molecule has 0 fully saturated rings. The molecule has 0 aliphatic rings. The maximum atomic E-state index is 5.44. The number of rotatable bonds is 3. The van der Waals surface area contributed by atoms with E-state index in [1.807, 2.05) is 30.3 Å². The maximum absolute atomic E-state index is 5.44. The average molecular weight is 204 g/mol. The maximum Gasteiger partial charge on any atom is 0.150 e. The van der Waals surface area contributed by atoms with Gasteiger partial charge in [-0.3, -0.25) is 0 Å². The lowest BCUT2D eigenvalue weighted by Gasteiger charge is -2.00. The van der Waals surface area contributed by atoms with Crippen molar-refractivity contribution in [2.24, 2.45) is 5.73 Å². The van der Waals surface area contributed by atoms with Crippen LogP contribution >= 0.6 is 0 Å². The molecule has 2 N–H and O–H groups in total. The van der Waals surface area contributed by atoms with Crippen LogP contribution in [0.4, 0.5) is 0 Å². The van der Waals surface area contributed by atoms with Crippen LogP contribution in [0, 0.1) is 0 Å². The van der Waals surface area contributed by atoms with E-state index in [2.05, 4.69) is 5.16 Å². The molecule has 1 heterocycles. The van der Waals surface area contributed by atoms with Crippen LogP contribution in [0.25, 0.3) is 11.3 Å².